The van der Waals surface area contributed by atoms with Crippen LogP contribution in [0, 0.1) is 13.8 Å². The van der Waals surface area contributed by atoms with Crippen LogP contribution in [0.15, 0.2) is 59.7 Å². The number of rotatable bonds is 7. The maximum Gasteiger partial charge on any atom is 0.329 e. The second-order valence-electron chi connectivity index (χ2n) is 7.40. The molecule has 0 bridgehead atoms. The van der Waals surface area contributed by atoms with Crippen molar-refractivity contribution in [2.75, 3.05) is 12.4 Å². The van der Waals surface area contributed by atoms with Crippen molar-refractivity contribution < 1.29 is 19.1 Å². The Balaban J connectivity index is 1.61. The van der Waals surface area contributed by atoms with E-state index in [-0.39, 0.29) is 6.61 Å². The Morgan fingerprint density at radius 1 is 0.971 bits per heavy atom. The Hall–Kier alpha value is -3.55. The van der Waals surface area contributed by atoms with Gasteiger partial charge in [0.15, 0.2) is 11.5 Å². The Morgan fingerprint density at radius 3 is 2.38 bits per heavy atom. The number of hydrogen-bond donors (Lipinski definition) is 2. The van der Waals surface area contributed by atoms with Gasteiger partial charge in [0.1, 0.15) is 6.61 Å². The highest BCUT2D eigenvalue weighted by Crippen LogP contribution is 2.36. The highest BCUT2D eigenvalue weighted by molar-refractivity contribution is 6.39. The molecule has 0 aliphatic heterocycles. The van der Waals surface area contributed by atoms with Gasteiger partial charge in [0.25, 0.3) is 0 Å². The molecule has 176 valence electrons. The van der Waals surface area contributed by atoms with E-state index in [2.05, 4.69) is 15.8 Å². The molecule has 0 radical (unpaired) electrons. The molecule has 0 aliphatic rings. The minimum absolute atomic E-state index is 0.270. The van der Waals surface area contributed by atoms with E-state index in [0.717, 1.165) is 16.7 Å². The number of hydrazone groups is 1. The standard InChI is InChI=1S/C25H23Cl2N3O4/c1-15-4-9-20(10-16(15)2)29-24(31)25(32)30-28-13-18-11-21(27)23(22(12-18)33-3)34-14-17-5-7-19(26)8-6-17/h4-13H,14H2,1-3H3,(H,29,31)(H,30,32)/b28-13-. The number of methoxy groups -OCH3 is 1. The molecule has 0 saturated carbocycles. The molecule has 3 aromatic carbocycles. The van der Waals surface area contributed by atoms with Crippen molar-refractivity contribution in [2.45, 2.75) is 20.5 Å². The Kier molecular flexibility index (Phi) is 8.51. The number of carbonyl (C=O) groups excluding carboxylic acids is 2. The summed E-state index contributed by atoms with van der Waals surface area (Å²) in [7, 11) is 1.49. The van der Waals surface area contributed by atoms with Crippen molar-refractivity contribution in [1.82, 2.24) is 5.43 Å². The predicted molar refractivity (Wildman–Crippen MR) is 134 cm³/mol. The molecule has 0 aliphatic carbocycles. The van der Waals surface area contributed by atoms with Crippen molar-refractivity contribution in [3.05, 3.63) is 86.9 Å². The smallest absolute Gasteiger partial charge is 0.329 e. The lowest BCUT2D eigenvalue weighted by Crippen LogP contribution is -2.32. The van der Waals surface area contributed by atoms with E-state index >= 15 is 0 Å². The van der Waals surface area contributed by atoms with Crippen LogP contribution in [0.1, 0.15) is 22.3 Å². The average Bonchev–Trinajstić information content (AvgIpc) is 2.81. The molecule has 7 nitrogen and oxygen atoms in total. The van der Waals surface area contributed by atoms with Gasteiger partial charge in [-0.3, -0.25) is 9.59 Å². The SMILES string of the molecule is COc1cc(/C=N\NC(=O)C(=O)Nc2ccc(C)c(C)c2)cc(Cl)c1OCc1ccc(Cl)cc1. The summed E-state index contributed by atoms with van der Waals surface area (Å²) in [6.45, 7) is 4.15. The van der Waals surface area contributed by atoms with E-state index in [0.29, 0.717) is 32.8 Å². The summed E-state index contributed by atoms with van der Waals surface area (Å²) in [4.78, 5) is 24.2. The van der Waals surface area contributed by atoms with Crippen LogP contribution in [0.4, 0.5) is 5.69 Å². The maximum absolute atomic E-state index is 12.1. The van der Waals surface area contributed by atoms with Crippen LogP contribution >= 0.6 is 23.2 Å². The molecule has 0 fully saturated rings. The minimum atomic E-state index is -0.907. The summed E-state index contributed by atoms with van der Waals surface area (Å²) in [5.74, 6) is -0.979. The molecule has 2 amide bonds. The molecule has 3 aromatic rings. The quantitative estimate of drug-likeness (QED) is 0.262. The number of anilines is 1. The summed E-state index contributed by atoms with van der Waals surface area (Å²) >= 11 is 12.3. The lowest BCUT2D eigenvalue weighted by molar-refractivity contribution is -0.136. The molecule has 0 unspecified atom stereocenters. The summed E-state index contributed by atoms with van der Waals surface area (Å²) in [6, 6.07) is 15.9. The van der Waals surface area contributed by atoms with E-state index in [1.165, 1.54) is 13.3 Å². The Labute approximate surface area is 207 Å². The molecule has 0 heterocycles. The normalized spacial score (nSPS) is 10.7. The number of halogens is 2. The van der Waals surface area contributed by atoms with Crippen molar-refractivity contribution >= 4 is 46.9 Å². The van der Waals surface area contributed by atoms with Gasteiger partial charge in [-0.05, 0) is 72.5 Å². The van der Waals surface area contributed by atoms with Crippen molar-refractivity contribution in [3.8, 4) is 11.5 Å². The fraction of sp³-hybridized carbons (Fsp3) is 0.160. The van der Waals surface area contributed by atoms with Gasteiger partial charge in [0.05, 0.1) is 18.3 Å². The Morgan fingerprint density at radius 2 is 1.71 bits per heavy atom. The maximum atomic E-state index is 12.1. The molecule has 2 N–H and O–H groups in total. The number of hydrogen-bond acceptors (Lipinski definition) is 5. The molecular formula is C25H23Cl2N3O4. The molecule has 0 spiro atoms. The van der Waals surface area contributed by atoms with Gasteiger partial charge in [0.2, 0.25) is 0 Å². The zero-order valence-corrected chi connectivity index (χ0v) is 20.3. The highest BCUT2D eigenvalue weighted by Gasteiger charge is 2.14. The van der Waals surface area contributed by atoms with E-state index in [4.69, 9.17) is 32.7 Å². The molecule has 9 heteroatoms. The van der Waals surface area contributed by atoms with Crippen LogP contribution in [0.2, 0.25) is 10.0 Å². The number of ether oxygens (including phenoxy) is 2. The number of amides is 2. The second kappa shape index (κ2) is 11.5. The largest absolute Gasteiger partial charge is 0.493 e. The first-order valence-electron chi connectivity index (χ1n) is 10.2. The van der Waals surface area contributed by atoms with Gasteiger partial charge in [0, 0.05) is 10.7 Å². The molecule has 3 rings (SSSR count). The number of carbonyl (C=O) groups is 2. The fourth-order valence-electron chi connectivity index (χ4n) is 2.91. The average molecular weight is 500 g/mol. The van der Waals surface area contributed by atoms with Gasteiger partial charge in [-0.15, -0.1) is 0 Å². The van der Waals surface area contributed by atoms with Crippen LogP contribution in [0.25, 0.3) is 0 Å². The van der Waals surface area contributed by atoms with E-state index in [9.17, 15) is 9.59 Å². The third kappa shape index (κ3) is 6.73. The molecular weight excluding hydrogens is 477 g/mol. The zero-order valence-electron chi connectivity index (χ0n) is 18.8. The minimum Gasteiger partial charge on any atom is -0.493 e. The first kappa shape index (κ1) is 25.1. The molecule has 0 saturated heterocycles. The van der Waals surface area contributed by atoms with E-state index in [1.54, 1.807) is 36.4 Å². The number of benzene rings is 3. The van der Waals surface area contributed by atoms with Gasteiger partial charge in [-0.1, -0.05) is 41.4 Å². The molecule has 0 atom stereocenters. The van der Waals surface area contributed by atoms with Crippen LogP contribution in [0.3, 0.4) is 0 Å². The number of nitrogens with zero attached hydrogens (tertiary/aromatic N) is 1. The number of aryl methyl sites for hydroxylation is 2. The van der Waals surface area contributed by atoms with Crippen LogP contribution < -0.4 is 20.2 Å². The summed E-state index contributed by atoms with van der Waals surface area (Å²) in [5, 5.41) is 7.30. The van der Waals surface area contributed by atoms with Gasteiger partial charge in [-0.2, -0.15) is 5.10 Å². The van der Waals surface area contributed by atoms with Crippen molar-refractivity contribution in [2.24, 2.45) is 5.10 Å². The van der Waals surface area contributed by atoms with E-state index < -0.39 is 11.8 Å². The molecule has 34 heavy (non-hydrogen) atoms. The van der Waals surface area contributed by atoms with Crippen molar-refractivity contribution in [3.63, 3.8) is 0 Å². The first-order chi connectivity index (χ1) is 16.3. The van der Waals surface area contributed by atoms with Crippen molar-refractivity contribution in [1.29, 1.82) is 0 Å². The highest BCUT2D eigenvalue weighted by atomic mass is 35.5. The second-order valence-corrected chi connectivity index (χ2v) is 8.25. The number of nitrogens with one attached hydrogen (secondary N) is 2. The van der Waals surface area contributed by atoms with Gasteiger partial charge >= 0.3 is 11.8 Å². The first-order valence-corrected chi connectivity index (χ1v) is 11.0. The lowest BCUT2D eigenvalue weighted by Gasteiger charge is -2.13. The monoisotopic (exact) mass is 499 g/mol. The summed E-state index contributed by atoms with van der Waals surface area (Å²) < 4.78 is 11.2. The van der Waals surface area contributed by atoms with Crippen LogP contribution in [-0.2, 0) is 16.2 Å². The topological polar surface area (TPSA) is 89.0 Å². The van der Waals surface area contributed by atoms with Gasteiger partial charge < -0.3 is 14.8 Å². The van der Waals surface area contributed by atoms with Crippen LogP contribution in [-0.4, -0.2) is 25.1 Å². The third-order valence-corrected chi connectivity index (χ3v) is 5.43. The third-order valence-electron chi connectivity index (χ3n) is 4.90. The zero-order chi connectivity index (χ0) is 24.7. The summed E-state index contributed by atoms with van der Waals surface area (Å²) in [5.41, 5.74) is 6.26. The van der Waals surface area contributed by atoms with E-state index in [1.807, 2.05) is 32.0 Å². The Bertz CT molecular complexity index is 1230. The molecule has 0 aromatic heterocycles. The van der Waals surface area contributed by atoms with Crippen LogP contribution in [0.5, 0.6) is 11.5 Å². The summed E-state index contributed by atoms with van der Waals surface area (Å²) in [6.07, 6.45) is 1.35. The predicted octanol–water partition coefficient (Wildman–Crippen LogP) is 5.29. The lowest BCUT2D eigenvalue weighted by atomic mass is 10.1. The fourth-order valence-corrected chi connectivity index (χ4v) is 3.31. The van der Waals surface area contributed by atoms with Gasteiger partial charge in [-0.25, -0.2) is 5.43 Å².